The number of hydrogen-bond donors (Lipinski definition) is 1. The molecule has 0 radical (unpaired) electrons. The second-order valence-corrected chi connectivity index (χ2v) is 3.50. The Morgan fingerprint density at radius 2 is 2.07 bits per heavy atom. The minimum atomic E-state index is -0.0746. The molecule has 1 N–H and O–H groups in total. The molecule has 0 amide bonds. The van der Waals surface area contributed by atoms with Crippen molar-refractivity contribution in [3.8, 4) is 0 Å². The normalized spacial score (nSPS) is 11.1. The zero-order valence-corrected chi connectivity index (χ0v) is 9.16. The van der Waals surface area contributed by atoms with Gasteiger partial charge in [0.15, 0.2) is 5.82 Å². The van der Waals surface area contributed by atoms with E-state index in [0.29, 0.717) is 5.78 Å². The van der Waals surface area contributed by atoms with Gasteiger partial charge in [-0.3, -0.25) is 9.78 Å². The van der Waals surface area contributed by atoms with Crippen LogP contribution in [-0.2, 0) is 12.8 Å². The summed E-state index contributed by atoms with van der Waals surface area (Å²) in [4.78, 5) is 18.5. The first-order valence-corrected chi connectivity index (χ1v) is 5.14. The Kier molecular flexibility index (Phi) is 2.30. The summed E-state index contributed by atoms with van der Waals surface area (Å²) >= 11 is 0. The average Bonchev–Trinajstić information content (AvgIpc) is 2.62. The first-order valence-electron chi connectivity index (χ1n) is 5.14. The van der Waals surface area contributed by atoms with Crippen LogP contribution in [0.4, 0.5) is 0 Å². The van der Waals surface area contributed by atoms with E-state index in [2.05, 4.69) is 15.1 Å². The highest BCUT2D eigenvalue weighted by Crippen LogP contribution is 2.06. The molecule has 0 fully saturated rings. The van der Waals surface area contributed by atoms with Gasteiger partial charge in [0.25, 0.3) is 5.56 Å². The van der Waals surface area contributed by atoms with Gasteiger partial charge in [-0.05, 0) is 13.3 Å². The molecule has 0 aliphatic carbocycles. The summed E-state index contributed by atoms with van der Waals surface area (Å²) < 4.78 is 1.73. The van der Waals surface area contributed by atoms with Gasteiger partial charge in [-0.15, -0.1) is 5.10 Å². The Labute approximate surface area is 87.2 Å². The Morgan fingerprint density at radius 3 is 2.67 bits per heavy atom. The van der Waals surface area contributed by atoms with E-state index >= 15 is 0 Å². The fourth-order valence-corrected chi connectivity index (χ4v) is 1.67. The highest BCUT2D eigenvalue weighted by atomic mass is 16.1. The molecule has 0 atom stereocenters. The molecule has 2 aromatic heterocycles. The lowest BCUT2D eigenvalue weighted by Gasteiger charge is -2.03. The summed E-state index contributed by atoms with van der Waals surface area (Å²) in [5.41, 5.74) is 1.58. The van der Waals surface area contributed by atoms with Crippen molar-refractivity contribution in [3.63, 3.8) is 0 Å². The summed E-state index contributed by atoms with van der Waals surface area (Å²) in [5.74, 6) is 1.30. The van der Waals surface area contributed by atoms with Crippen molar-refractivity contribution < 1.29 is 0 Å². The number of aryl methyl sites for hydroxylation is 2. The van der Waals surface area contributed by atoms with E-state index in [4.69, 9.17) is 0 Å². The van der Waals surface area contributed by atoms with Crippen LogP contribution >= 0.6 is 0 Å². The van der Waals surface area contributed by atoms with Crippen LogP contribution < -0.4 is 5.56 Å². The number of hydrogen-bond acceptors (Lipinski definition) is 3. The minimum absolute atomic E-state index is 0.0746. The van der Waals surface area contributed by atoms with Gasteiger partial charge in [0.2, 0.25) is 5.78 Å². The standard InChI is InChI=1S/C10H14N4O/c1-4-7-6(3)9(15)12-10-11-8(5-2)13-14(7)10/h4-5H2,1-3H3,(H,11,12,13,15). The molecule has 0 unspecified atom stereocenters. The Hall–Kier alpha value is -1.65. The maximum absolute atomic E-state index is 11.6. The maximum Gasteiger partial charge on any atom is 0.255 e. The molecule has 2 rings (SSSR count). The van der Waals surface area contributed by atoms with Gasteiger partial charge in [0.1, 0.15) is 0 Å². The van der Waals surface area contributed by atoms with Crippen molar-refractivity contribution >= 4 is 5.78 Å². The van der Waals surface area contributed by atoms with Crippen LogP contribution in [0, 0.1) is 6.92 Å². The van der Waals surface area contributed by atoms with Gasteiger partial charge in [-0.2, -0.15) is 4.98 Å². The first-order chi connectivity index (χ1) is 7.17. The predicted molar refractivity (Wildman–Crippen MR) is 57.1 cm³/mol. The lowest BCUT2D eigenvalue weighted by atomic mass is 10.2. The third-order valence-corrected chi connectivity index (χ3v) is 2.56. The SMILES string of the molecule is CCc1nc2[nH]c(=O)c(C)c(CC)n2n1. The number of nitrogens with zero attached hydrogens (tertiary/aromatic N) is 3. The lowest BCUT2D eigenvalue weighted by molar-refractivity contribution is 0.804. The molecule has 2 aromatic rings. The van der Waals surface area contributed by atoms with Crippen molar-refractivity contribution in [2.45, 2.75) is 33.6 Å². The van der Waals surface area contributed by atoms with Crippen molar-refractivity contribution in [2.24, 2.45) is 0 Å². The quantitative estimate of drug-likeness (QED) is 0.792. The highest BCUT2D eigenvalue weighted by Gasteiger charge is 2.10. The van der Waals surface area contributed by atoms with E-state index < -0.39 is 0 Å². The predicted octanol–water partition coefficient (Wildman–Crippen LogP) is 0.851. The molecule has 15 heavy (non-hydrogen) atoms. The Balaban J connectivity index is 2.85. The van der Waals surface area contributed by atoms with Gasteiger partial charge in [0, 0.05) is 12.0 Å². The van der Waals surface area contributed by atoms with Crippen LogP contribution in [0.25, 0.3) is 5.78 Å². The van der Waals surface area contributed by atoms with Gasteiger partial charge < -0.3 is 0 Å². The van der Waals surface area contributed by atoms with Crippen LogP contribution in [0.15, 0.2) is 4.79 Å². The van der Waals surface area contributed by atoms with Gasteiger partial charge in [0.05, 0.1) is 5.69 Å². The number of fused-ring (bicyclic) bond motifs is 1. The summed E-state index contributed by atoms with van der Waals surface area (Å²) in [7, 11) is 0. The summed E-state index contributed by atoms with van der Waals surface area (Å²) in [5, 5.41) is 4.34. The van der Waals surface area contributed by atoms with Crippen LogP contribution in [0.3, 0.4) is 0 Å². The Bertz CT molecular complexity index is 552. The van der Waals surface area contributed by atoms with Crippen LogP contribution in [-0.4, -0.2) is 19.6 Å². The van der Waals surface area contributed by atoms with Crippen molar-refractivity contribution in [1.82, 2.24) is 19.6 Å². The molecule has 0 saturated heterocycles. The highest BCUT2D eigenvalue weighted by molar-refractivity contribution is 5.32. The van der Waals surface area contributed by atoms with E-state index in [0.717, 1.165) is 29.9 Å². The van der Waals surface area contributed by atoms with Crippen LogP contribution in [0.2, 0.25) is 0 Å². The van der Waals surface area contributed by atoms with E-state index in [1.165, 1.54) is 0 Å². The molecule has 80 valence electrons. The average molecular weight is 206 g/mol. The second-order valence-electron chi connectivity index (χ2n) is 3.50. The van der Waals surface area contributed by atoms with Crippen molar-refractivity contribution in [2.75, 3.05) is 0 Å². The molecule has 0 spiro atoms. The molecular weight excluding hydrogens is 192 g/mol. The molecule has 5 nitrogen and oxygen atoms in total. The lowest BCUT2D eigenvalue weighted by Crippen LogP contribution is -2.17. The number of rotatable bonds is 2. The molecule has 2 heterocycles. The summed E-state index contributed by atoms with van der Waals surface area (Å²) in [6.07, 6.45) is 1.55. The van der Waals surface area contributed by atoms with E-state index in [-0.39, 0.29) is 5.56 Å². The van der Waals surface area contributed by atoms with Gasteiger partial charge >= 0.3 is 0 Å². The summed E-state index contributed by atoms with van der Waals surface area (Å²) in [6, 6.07) is 0. The van der Waals surface area contributed by atoms with E-state index in [1.807, 2.05) is 20.8 Å². The zero-order valence-electron chi connectivity index (χ0n) is 9.16. The van der Waals surface area contributed by atoms with Gasteiger partial charge in [-0.1, -0.05) is 13.8 Å². The Morgan fingerprint density at radius 1 is 1.33 bits per heavy atom. The number of aromatic nitrogens is 4. The third-order valence-electron chi connectivity index (χ3n) is 2.56. The summed E-state index contributed by atoms with van der Waals surface area (Å²) in [6.45, 7) is 5.81. The molecule has 0 saturated carbocycles. The molecule has 5 heteroatoms. The molecule has 0 bridgehead atoms. The van der Waals surface area contributed by atoms with E-state index in [9.17, 15) is 4.79 Å². The molecule has 0 aromatic carbocycles. The minimum Gasteiger partial charge on any atom is -0.291 e. The molecule has 0 aliphatic rings. The molecule has 0 aliphatic heterocycles. The number of H-pyrrole nitrogens is 1. The zero-order chi connectivity index (χ0) is 11.0. The topological polar surface area (TPSA) is 63.0 Å². The van der Waals surface area contributed by atoms with Crippen LogP contribution in [0.1, 0.15) is 30.9 Å². The maximum atomic E-state index is 11.6. The monoisotopic (exact) mass is 206 g/mol. The first kappa shape index (κ1) is 9.89. The number of aromatic amines is 1. The fourth-order valence-electron chi connectivity index (χ4n) is 1.67. The number of nitrogens with one attached hydrogen (secondary N) is 1. The fraction of sp³-hybridized carbons (Fsp3) is 0.500. The smallest absolute Gasteiger partial charge is 0.255 e. The van der Waals surface area contributed by atoms with Crippen molar-refractivity contribution in [3.05, 3.63) is 27.4 Å². The van der Waals surface area contributed by atoms with Crippen LogP contribution in [0.5, 0.6) is 0 Å². The van der Waals surface area contributed by atoms with E-state index in [1.54, 1.807) is 4.52 Å². The second kappa shape index (κ2) is 3.49. The largest absolute Gasteiger partial charge is 0.291 e. The third kappa shape index (κ3) is 1.44. The van der Waals surface area contributed by atoms with Gasteiger partial charge in [-0.25, -0.2) is 4.52 Å². The van der Waals surface area contributed by atoms with Crippen molar-refractivity contribution in [1.29, 1.82) is 0 Å². The molecular formula is C10H14N4O.